The lowest BCUT2D eigenvalue weighted by Gasteiger charge is -2.25. The summed E-state index contributed by atoms with van der Waals surface area (Å²) in [4.78, 5) is 23.6. The van der Waals surface area contributed by atoms with Crippen molar-refractivity contribution in [3.05, 3.63) is 69.3 Å². The second-order valence-electron chi connectivity index (χ2n) is 6.78. The van der Waals surface area contributed by atoms with Crippen LogP contribution >= 0.6 is 22.6 Å². The molecule has 4 N–H and O–H groups in total. The summed E-state index contributed by atoms with van der Waals surface area (Å²) in [7, 11) is 0. The van der Waals surface area contributed by atoms with Gasteiger partial charge in [0.2, 0.25) is 0 Å². The minimum Gasteiger partial charge on any atom is -0.508 e. The Balaban J connectivity index is 2.15. The van der Waals surface area contributed by atoms with Crippen LogP contribution in [0.25, 0.3) is 0 Å². The van der Waals surface area contributed by atoms with Gasteiger partial charge in [0, 0.05) is 20.9 Å². The number of benzene rings is 2. The van der Waals surface area contributed by atoms with Crippen molar-refractivity contribution in [3.8, 4) is 11.8 Å². The van der Waals surface area contributed by atoms with Crippen LogP contribution in [0.1, 0.15) is 37.0 Å². The average molecular weight is 535 g/mol. The molecule has 0 aliphatic carbocycles. The van der Waals surface area contributed by atoms with E-state index < -0.39 is 18.1 Å². The lowest BCUT2D eigenvalue weighted by Crippen LogP contribution is -2.22. The molecule has 0 saturated carbocycles. The van der Waals surface area contributed by atoms with Crippen molar-refractivity contribution in [3.63, 3.8) is 0 Å². The minimum atomic E-state index is -0.742. The van der Waals surface area contributed by atoms with Crippen molar-refractivity contribution in [2.24, 2.45) is 5.92 Å². The van der Waals surface area contributed by atoms with Gasteiger partial charge < -0.3 is 9.84 Å². The number of nitriles is 1. The number of allylic oxidation sites excluding steroid dienone is 1. The van der Waals surface area contributed by atoms with Crippen LogP contribution in [0.2, 0.25) is 0 Å². The molecule has 8 nitrogen and oxygen atoms in total. The van der Waals surface area contributed by atoms with E-state index in [1.807, 2.05) is 13.0 Å². The summed E-state index contributed by atoms with van der Waals surface area (Å²) in [6.45, 7) is 1.87. The number of aromatic hydroxyl groups is 1. The lowest BCUT2D eigenvalue weighted by molar-refractivity contribution is -0.124. The lowest BCUT2D eigenvalue weighted by atomic mass is 9.92. The van der Waals surface area contributed by atoms with Crippen molar-refractivity contribution in [2.75, 3.05) is 5.32 Å². The van der Waals surface area contributed by atoms with Crippen LogP contribution in [0.15, 0.2) is 54.6 Å². The third-order valence-electron chi connectivity index (χ3n) is 4.48. The Morgan fingerprint density at radius 3 is 2.61 bits per heavy atom. The monoisotopic (exact) mass is 535 g/mol. The second kappa shape index (κ2) is 11.9. The average Bonchev–Trinajstić information content (AvgIpc) is 2.77. The summed E-state index contributed by atoms with van der Waals surface area (Å²) in [6.07, 6.45) is 2.42. The maximum absolute atomic E-state index is 12.5. The molecule has 162 valence electrons. The Bertz CT molecular complexity index is 986. The van der Waals surface area contributed by atoms with Crippen LogP contribution in [0.3, 0.4) is 0 Å². The largest absolute Gasteiger partial charge is 0.508 e. The van der Waals surface area contributed by atoms with E-state index in [1.54, 1.807) is 48.5 Å². The zero-order chi connectivity index (χ0) is 22.8. The number of halogens is 1. The van der Waals surface area contributed by atoms with Crippen LogP contribution in [0.4, 0.5) is 10.5 Å². The summed E-state index contributed by atoms with van der Waals surface area (Å²) < 4.78 is 6.55. The van der Waals surface area contributed by atoms with Crippen LogP contribution in [-0.2, 0) is 9.53 Å². The number of nitrogens with zero attached hydrogens (tertiary/aromatic N) is 1. The van der Waals surface area contributed by atoms with Crippen LogP contribution in [0, 0.1) is 20.8 Å². The minimum absolute atomic E-state index is 0.0126. The Kier molecular flexibility index (Phi) is 9.30. The quantitative estimate of drug-likeness (QED) is 0.169. The molecule has 0 spiro atoms. The van der Waals surface area contributed by atoms with Gasteiger partial charge in [0.05, 0.1) is 11.6 Å². The molecule has 2 aromatic rings. The molecule has 0 unspecified atom stereocenters. The van der Waals surface area contributed by atoms with E-state index in [-0.39, 0.29) is 11.7 Å². The third-order valence-corrected chi connectivity index (χ3v) is 5.15. The van der Waals surface area contributed by atoms with Crippen LogP contribution < -0.4 is 10.8 Å². The van der Waals surface area contributed by atoms with E-state index in [0.29, 0.717) is 29.7 Å². The first-order valence-corrected chi connectivity index (χ1v) is 10.5. The van der Waals surface area contributed by atoms with Gasteiger partial charge in [0.1, 0.15) is 11.9 Å². The number of carbonyl (C=O) groups is 2. The number of nitrogens with one attached hydrogen (secondary N) is 2. The van der Waals surface area contributed by atoms with E-state index >= 15 is 0 Å². The fourth-order valence-corrected chi connectivity index (χ4v) is 3.38. The fraction of sp³-hybridized carbons (Fsp3) is 0.227. The van der Waals surface area contributed by atoms with E-state index in [0.717, 1.165) is 3.57 Å². The summed E-state index contributed by atoms with van der Waals surface area (Å²) in [5, 5.41) is 30.4. The van der Waals surface area contributed by atoms with E-state index in [4.69, 9.17) is 15.2 Å². The predicted molar refractivity (Wildman–Crippen MR) is 122 cm³/mol. The maximum atomic E-state index is 12.5. The van der Waals surface area contributed by atoms with Gasteiger partial charge in [-0.05, 0) is 83.8 Å². The van der Waals surface area contributed by atoms with Crippen LogP contribution in [-0.4, -0.2) is 22.3 Å². The third kappa shape index (κ3) is 7.58. The molecule has 9 heteroatoms. The van der Waals surface area contributed by atoms with Crippen molar-refractivity contribution in [1.82, 2.24) is 5.48 Å². The number of ether oxygens (including phenoxy) is 1. The molecule has 2 rings (SSSR count). The number of rotatable bonds is 8. The molecule has 2 atom stereocenters. The molecule has 0 radical (unpaired) electrons. The second-order valence-corrected chi connectivity index (χ2v) is 8.02. The van der Waals surface area contributed by atoms with Gasteiger partial charge in [-0.2, -0.15) is 5.26 Å². The molecule has 2 aromatic carbocycles. The van der Waals surface area contributed by atoms with Gasteiger partial charge in [0.15, 0.2) is 0 Å². The van der Waals surface area contributed by atoms with E-state index in [1.165, 1.54) is 11.6 Å². The summed E-state index contributed by atoms with van der Waals surface area (Å²) in [6, 6.07) is 13.4. The number of anilines is 1. The smallest absolute Gasteiger partial charge is 0.412 e. The van der Waals surface area contributed by atoms with Gasteiger partial charge in [-0.25, -0.2) is 10.3 Å². The van der Waals surface area contributed by atoms with Crippen molar-refractivity contribution in [2.45, 2.75) is 25.9 Å². The number of amides is 2. The molecule has 0 aliphatic heterocycles. The number of phenolic OH excluding ortho intramolecular Hbond substituents is 1. The Morgan fingerprint density at radius 2 is 1.97 bits per heavy atom. The molecule has 31 heavy (non-hydrogen) atoms. The first kappa shape index (κ1) is 24.2. The van der Waals surface area contributed by atoms with Gasteiger partial charge in [-0.15, -0.1) is 0 Å². The molecule has 2 amide bonds. The molecule has 0 bridgehead atoms. The molecule has 0 heterocycles. The highest BCUT2D eigenvalue weighted by Gasteiger charge is 2.26. The number of hydroxylamine groups is 1. The maximum Gasteiger partial charge on any atom is 0.412 e. The normalized spacial score (nSPS) is 12.6. The number of carbonyl (C=O) groups excluding carboxylic acids is 2. The highest BCUT2D eigenvalue weighted by atomic mass is 127. The first-order valence-electron chi connectivity index (χ1n) is 9.41. The fourth-order valence-electron chi connectivity index (χ4n) is 2.87. The highest BCUT2D eigenvalue weighted by molar-refractivity contribution is 14.1. The first-order chi connectivity index (χ1) is 14.8. The number of hydrogen-bond donors (Lipinski definition) is 4. The van der Waals surface area contributed by atoms with Gasteiger partial charge in [0.25, 0.3) is 5.91 Å². The van der Waals surface area contributed by atoms with E-state index in [9.17, 15) is 14.7 Å². The standard InChI is InChI=1S/C22H22IN3O5/c1-14(4-2-3-5-20(28)26-30)21(18-12-16(23)8-11-19(18)27)31-22(29)25-17-9-6-15(13-24)7-10-17/h3,5-12,14,21,27,30H,2,4H2,1H3,(H,25,29)(H,26,28)/b5-3+/t14-,21+/m0/s1. The SMILES string of the molecule is C[C@@H](CC/C=C/C(=O)NO)[C@@H](OC(=O)Nc1ccc(C#N)cc1)c1cc(I)ccc1O. The zero-order valence-corrected chi connectivity index (χ0v) is 18.9. The summed E-state index contributed by atoms with van der Waals surface area (Å²) in [5.74, 6) is -0.811. The van der Waals surface area contributed by atoms with Gasteiger partial charge >= 0.3 is 6.09 Å². The van der Waals surface area contributed by atoms with Gasteiger partial charge in [-0.3, -0.25) is 15.3 Å². The number of hydrogen-bond acceptors (Lipinski definition) is 6. The summed E-state index contributed by atoms with van der Waals surface area (Å²) in [5.41, 5.74) is 2.94. The molecular weight excluding hydrogens is 513 g/mol. The molecule has 0 fully saturated rings. The Labute approximate surface area is 193 Å². The Hall–Kier alpha value is -3.10. The summed E-state index contributed by atoms with van der Waals surface area (Å²) >= 11 is 2.11. The van der Waals surface area contributed by atoms with Crippen molar-refractivity contribution >= 4 is 40.3 Å². The Morgan fingerprint density at radius 1 is 1.26 bits per heavy atom. The topological polar surface area (TPSA) is 132 Å². The molecule has 0 saturated heterocycles. The van der Waals surface area contributed by atoms with Gasteiger partial charge in [-0.1, -0.05) is 13.0 Å². The van der Waals surface area contributed by atoms with Crippen molar-refractivity contribution < 1.29 is 24.6 Å². The zero-order valence-electron chi connectivity index (χ0n) is 16.7. The van der Waals surface area contributed by atoms with Crippen molar-refractivity contribution in [1.29, 1.82) is 5.26 Å². The molecule has 0 aliphatic rings. The molecule has 0 aromatic heterocycles. The van der Waals surface area contributed by atoms with E-state index in [2.05, 4.69) is 27.9 Å². The number of phenols is 1. The molecular formula is C22H22IN3O5. The van der Waals surface area contributed by atoms with Crippen LogP contribution in [0.5, 0.6) is 5.75 Å². The highest BCUT2D eigenvalue weighted by Crippen LogP contribution is 2.36. The predicted octanol–water partition coefficient (Wildman–Crippen LogP) is 4.64.